The van der Waals surface area contributed by atoms with Gasteiger partial charge in [-0.2, -0.15) is 5.10 Å². The Morgan fingerprint density at radius 1 is 1.22 bits per heavy atom. The number of likely N-dealkylation sites (tertiary alicyclic amines) is 1. The standard InChI is InChI=1S/C19H26N6O.C6H12.C3H6.C2H6/c1-3-18(26)24-8-5-4-6-16(24)15-10-17-21-19(13(2)11-25(17)22-15)23-9-7-14(20)12-23;1-4-5-6(2)3;1-3-2;1-2/h3,10-11,14,16H,1,4-9,12,20H2,2H3;2,4-5H2,1,3H3;3H,1H2,2H3;1-2H3. The summed E-state index contributed by atoms with van der Waals surface area (Å²) < 4.78 is 1.83. The van der Waals surface area contributed by atoms with E-state index in [1.807, 2.05) is 42.4 Å². The lowest BCUT2D eigenvalue weighted by Gasteiger charge is -2.33. The minimum atomic E-state index is -0.0253. The molecule has 206 valence electrons. The van der Waals surface area contributed by atoms with Crippen LogP contribution in [-0.4, -0.2) is 51.1 Å². The molecule has 4 rings (SSSR count). The molecule has 2 aromatic rings. The maximum atomic E-state index is 12.2. The third-order valence-electron chi connectivity index (χ3n) is 6.13. The van der Waals surface area contributed by atoms with Crippen molar-refractivity contribution in [1.29, 1.82) is 0 Å². The molecule has 0 aromatic carbocycles. The number of aryl methyl sites for hydroxylation is 1. The molecular formula is C30H50N6O. The van der Waals surface area contributed by atoms with Gasteiger partial charge in [-0.3, -0.25) is 4.79 Å². The van der Waals surface area contributed by atoms with Gasteiger partial charge in [-0.05, 0) is 59.0 Å². The largest absolute Gasteiger partial charge is 0.355 e. The molecule has 2 aromatic heterocycles. The van der Waals surface area contributed by atoms with Gasteiger partial charge in [0.05, 0.1) is 11.7 Å². The van der Waals surface area contributed by atoms with Gasteiger partial charge in [-0.1, -0.05) is 45.4 Å². The summed E-state index contributed by atoms with van der Waals surface area (Å²) >= 11 is 0. The predicted octanol–water partition coefficient (Wildman–Crippen LogP) is 6.40. The Balaban J connectivity index is 0.000000534. The molecule has 0 aliphatic carbocycles. The molecule has 0 radical (unpaired) electrons. The van der Waals surface area contributed by atoms with E-state index in [4.69, 9.17) is 15.8 Å². The fourth-order valence-corrected chi connectivity index (χ4v) is 4.53. The maximum absolute atomic E-state index is 12.2. The summed E-state index contributed by atoms with van der Waals surface area (Å²) in [5, 5.41) is 4.73. The van der Waals surface area contributed by atoms with E-state index < -0.39 is 0 Å². The fourth-order valence-electron chi connectivity index (χ4n) is 4.53. The Hall–Kier alpha value is -2.93. The van der Waals surface area contributed by atoms with Gasteiger partial charge < -0.3 is 15.5 Å². The predicted molar refractivity (Wildman–Crippen MR) is 158 cm³/mol. The molecule has 0 bridgehead atoms. The minimum Gasteiger partial charge on any atom is -0.355 e. The van der Waals surface area contributed by atoms with E-state index >= 15 is 0 Å². The highest BCUT2D eigenvalue weighted by Crippen LogP contribution is 2.31. The molecule has 2 fully saturated rings. The average molecular weight is 511 g/mol. The highest BCUT2D eigenvalue weighted by Gasteiger charge is 2.29. The molecule has 7 heteroatoms. The topological polar surface area (TPSA) is 79.8 Å². The summed E-state index contributed by atoms with van der Waals surface area (Å²) in [6.07, 6.45) is 11.6. The minimum absolute atomic E-state index is 0.0000787. The number of hydrogen-bond donors (Lipinski definition) is 1. The first-order valence-corrected chi connectivity index (χ1v) is 13.8. The second kappa shape index (κ2) is 16.7. The summed E-state index contributed by atoms with van der Waals surface area (Å²) in [5.74, 6) is 0.960. The number of carbonyl (C=O) groups excluding carboxylic acids is 1. The summed E-state index contributed by atoms with van der Waals surface area (Å²) in [6, 6.07) is 2.23. The Kier molecular flexibility index (Phi) is 14.5. The third kappa shape index (κ3) is 9.47. The van der Waals surface area contributed by atoms with Crippen LogP contribution < -0.4 is 10.6 Å². The lowest BCUT2D eigenvalue weighted by atomic mass is 9.99. The highest BCUT2D eigenvalue weighted by atomic mass is 16.2. The number of anilines is 1. The van der Waals surface area contributed by atoms with E-state index in [1.54, 1.807) is 6.08 Å². The summed E-state index contributed by atoms with van der Waals surface area (Å²) in [6.45, 7) is 25.4. The van der Waals surface area contributed by atoms with Crippen molar-refractivity contribution in [1.82, 2.24) is 19.5 Å². The van der Waals surface area contributed by atoms with Crippen LogP contribution in [0.3, 0.4) is 0 Å². The van der Waals surface area contributed by atoms with E-state index in [9.17, 15) is 4.79 Å². The van der Waals surface area contributed by atoms with Crippen molar-refractivity contribution < 1.29 is 4.79 Å². The number of nitrogens with two attached hydrogens (primary N) is 1. The molecule has 0 saturated carbocycles. The van der Waals surface area contributed by atoms with E-state index in [-0.39, 0.29) is 18.0 Å². The Bertz CT molecular complexity index is 1010. The van der Waals surface area contributed by atoms with Crippen molar-refractivity contribution in [2.75, 3.05) is 24.5 Å². The van der Waals surface area contributed by atoms with Crippen LogP contribution in [0.15, 0.2) is 49.7 Å². The second-order valence-electron chi connectivity index (χ2n) is 9.48. The van der Waals surface area contributed by atoms with Gasteiger partial charge in [0.2, 0.25) is 5.91 Å². The SMILES string of the molecule is C=C(C)CCC.C=CC.C=CC(=O)N1CCCCC1c1cc2nc(N3CCC(N)C3)c(C)cn2n1.CC. The van der Waals surface area contributed by atoms with Crippen molar-refractivity contribution in [3.63, 3.8) is 0 Å². The van der Waals surface area contributed by atoms with Crippen LogP contribution in [0.25, 0.3) is 5.65 Å². The van der Waals surface area contributed by atoms with Gasteiger partial charge in [-0.15, -0.1) is 13.2 Å². The zero-order valence-corrected chi connectivity index (χ0v) is 24.2. The van der Waals surface area contributed by atoms with Crippen molar-refractivity contribution in [2.45, 2.75) is 92.2 Å². The van der Waals surface area contributed by atoms with Crippen LogP contribution in [0.4, 0.5) is 5.82 Å². The van der Waals surface area contributed by atoms with Gasteiger partial charge in [0.15, 0.2) is 5.65 Å². The second-order valence-corrected chi connectivity index (χ2v) is 9.48. The smallest absolute Gasteiger partial charge is 0.246 e. The molecule has 7 nitrogen and oxygen atoms in total. The molecule has 2 N–H and O–H groups in total. The van der Waals surface area contributed by atoms with Gasteiger partial charge in [0.1, 0.15) is 5.82 Å². The fraction of sp³-hybridized carbons (Fsp3) is 0.567. The molecule has 2 saturated heterocycles. The number of carbonyl (C=O) groups is 1. The Morgan fingerprint density at radius 3 is 2.41 bits per heavy atom. The van der Waals surface area contributed by atoms with Crippen LogP contribution in [0, 0.1) is 6.92 Å². The van der Waals surface area contributed by atoms with Crippen molar-refractivity contribution in [2.24, 2.45) is 5.73 Å². The molecule has 0 spiro atoms. The number of nitrogens with zero attached hydrogens (tertiary/aromatic N) is 5. The monoisotopic (exact) mass is 510 g/mol. The average Bonchev–Trinajstić information content (AvgIpc) is 3.50. The molecule has 37 heavy (non-hydrogen) atoms. The van der Waals surface area contributed by atoms with Crippen LogP contribution >= 0.6 is 0 Å². The third-order valence-corrected chi connectivity index (χ3v) is 6.13. The van der Waals surface area contributed by atoms with E-state index in [2.05, 4.69) is 45.4 Å². The number of hydrogen-bond acceptors (Lipinski definition) is 5. The first-order valence-electron chi connectivity index (χ1n) is 13.8. The van der Waals surface area contributed by atoms with Crippen molar-refractivity contribution in [3.8, 4) is 0 Å². The highest BCUT2D eigenvalue weighted by molar-refractivity contribution is 5.87. The summed E-state index contributed by atoms with van der Waals surface area (Å²) in [4.78, 5) is 21.2. The molecular weight excluding hydrogens is 460 g/mol. The lowest BCUT2D eigenvalue weighted by molar-refractivity contribution is -0.129. The molecule has 1 amide bonds. The quantitative estimate of drug-likeness (QED) is 0.372. The lowest BCUT2D eigenvalue weighted by Crippen LogP contribution is -2.37. The molecule has 4 heterocycles. The molecule has 2 aliphatic heterocycles. The zero-order valence-electron chi connectivity index (χ0n) is 24.2. The molecule has 2 unspecified atom stereocenters. The van der Waals surface area contributed by atoms with E-state index in [0.29, 0.717) is 0 Å². The summed E-state index contributed by atoms with van der Waals surface area (Å²) in [7, 11) is 0. The number of piperidine rings is 1. The van der Waals surface area contributed by atoms with E-state index in [1.165, 1.54) is 24.5 Å². The van der Waals surface area contributed by atoms with Gasteiger partial charge in [0, 0.05) is 43.5 Å². The van der Waals surface area contributed by atoms with Gasteiger partial charge in [0.25, 0.3) is 0 Å². The Morgan fingerprint density at radius 2 is 1.89 bits per heavy atom. The summed E-state index contributed by atoms with van der Waals surface area (Å²) in [5.41, 5.74) is 10.1. The van der Waals surface area contributed by atoms with E-state index in [0.717, 1.165) is 68.0 Å². The molecule has 2 aliphatic rings. The molecule has 2 atom stereocenters. The maximum Gasteiger partial charge on any atom is 0.246 e. The van der Waals surface area contributed by atoms with Crippen LogP contribution in [-0.2, 0) is 4.79 Å². The number of fused-ring (bicyclic) bond motifs is 1. The number of amides is 1. The van der Waals surface area contributed by atoms with Gasteiger partial charge in [-0.25, -0.2) is 9.50 Å². The zero-order chi connectivity index (χ0) is 28.0. The Labute approximate surface area is 225 Å². The van der Waals surface area contributed by atoms with Gasteiger partial charge >= 0.3 is 0 Å². The number of aromatic nitrogens is 3. The van der Waals surface area contributed by atoms with Crippen LogP contribution in [0.5, 0.6) is 0 Å². The van der Waals surface area contributed by atoms with Crippen molar-refractivity contribution in [3.05, 3.63) is 61.0 Å². The van der Waals surface area contributed by atoms with Crippen molar-refractivity contribution >= 4 is 17.4 Å². The number of allylic oxidation sites excluding steroid dienone is 2. The van der Waals surface area contributed by atoms with Crippen LogP contribution in [0.1, 0.15) is 90.4 Å². The van der Waals surface area contributed by atoms with Crippen LogP contribution in [0.2, 0.25) is 0 Å². The first kappa shape index (κ1) is 32.1. The normalized spacial score (nSPS) is 18.5. The first-order chi connectivity index (χ1) is 17.7. The number of rotatable bonds is 5.